The molecule has 1 aromatic carbocycles. The second-order valence-corrected chi connectivity index (χ2v) is 4.40. The number of hydrogen-bond donors (Lipinski definition) is 1. The van der Waals surface area contributed by atoms with Crippen LogP contribution in [0.2, 0.25) is 0 Å². The molecule has 0 saturated carbocycles. The number of nitrogens with two attached hydrogens (primary N) is 1. The van der Waals surface area contributed by atoms with Gasteiger partial charge in [0, 0.05) is 13.0 Å². The number of ether oxygens (including phenoxy) is 1. The van der Waals surface area contributed by atoms with Crippen LogP contribution in [0.5, 0.6) is 5.75 Å². The van der Waals surface area contributed by atoms with Gasteiger partial charge in [-0.15, -0.1) is 12.4 Å². The number of benzene rings is 1. The van der Waals surface area contributed by atoms with Gasteiger partial charge < -0.3 is 10.5 Å². The van der Waals surface area contributed by atoms with E-state index in [-0.39, 0.29) is 24.4 Å². The van der Waals surface area contributed by atoms with Gasteiger partial charge in [0.15, 0.2) is 0 Å². The molecule has 0 aliphatic carbocycles. The van der Waals surface area contributed by atoms with Crippen LogP contribution in [0.1, 0.15) is 38.8 Å². The summed E-state index contributed by atoms with van der Waals surface area (Å²) < 4.78 is 4.95. The fraction of sp³-hybridized carbons (Fsp3) is 0.462. The Morgan fingerprint density at radius 3 is 2.24 bits per heavy atom. The molecule has 0 radical (unpaired) electrons. The Morgan fingerprint density at radius 2 is 1.82 bits per heavy atom. The zero-order valence-corrected chi connectivity index (χ0v) is 11.3. The van der Waals surface area contributed by atoms with Gasteiger partial charge in [0.25, 0.3) is 0 Å². The highest BCUT2D eigenvalue weighted by molar-refractivity contribution is 5.85. The van der Waals surface area contributed by atoms with Gasteiger partial charge in [-0.2, -0.15) is 0 Å². The molecule has 17 heavy (non-hydrogen) atoms. The zero-order chi connectivity index (χ0) is 12.1. The monoisotopic (exact) mass is 257 g/mol. The molecule has 0 heterocycles. The Hall–Kier alpha value is -1.06. The van der Waals surface area contributed by atoms with E-state index >= 15 is 0 Å². The third-order valence-electron chi connectivity index (χ3n) is 2.30. The van der Waals surface area contributed by atoms with E-state index in [2.05, 4.69) is 13.8 Å². The van der Waals surface area contributed by atoms with Crippen molar-refractivity contribution in [3.8, 4) is 5.75 Å². The van der Waals surface area contributed by atoms with Crippen LogP contribution in [-0.4, -0.2) is 5.97 Å². The van der Waals surface area contributed by atoms with E-state index in [1.165, 1.54) is 6.92 Å². The molecule has 0 aromatic heterocycles. The van der Waals surface area contributed by atoms with Gasteiger partial charge in [-0.05, 0) is 30.0 Å². The van der Waals surface area contributed by atoms with E-state index in [0.717, 1.165) is 12.0 Å². The molecular formula is C13H20ClNO2. The summed E-state index contributed by atoms with van der Waals surface area (Å²) in [5, 5.41) is 0. The summed E-state index contributed by atoms with van der Waals surface area (Å²) in [5.41, 5.74) is 7.11. The second kappa shape index (κ2) is 7.30. The summed E-state index contributed by atoms with van der Waals surface area (Å²) in [6.07, 6.45) is 0.951. The zero-order valence-electron chi connectivity index (χ0n) is 10.5. The number of carbonyl (C=O) groups excluding carboxylic acids is 1. The fourth-order valence-corrected chi connectivity index (χ4v) is 1.59. The van der Waals surface area contributed by atoms with E-state index in [1.807, 2.05) is 12.1 Å². The first-order valence-corrected chi connectivity index (χ1v) is 5.53. The van der Waals surface area contributed by atoms with Crippen molar-refractivity contribution in [2.75, 3.05) is 0 Å². The van der Waals surface area contributed by atoms with Gasteiger partial charge in [0.1, 0.15) is 5.75 Å². The predicted octanol–water partition coefficient (Wildman–Crippen LogP) is 3.08. The summed E-state index contributed by atoms with van der Waals surface area (Å²) in [6.45, 7) is 5.68. The minimum Gasteiger partial charge on any atom is -0.427 e. The normalized spacial score (nSPS) is 11.8. The van der Waals surface area contributed by atoms with Crippen molar-refractivity contribution in [3.63, 3.8) is 0 Å². The van der Waals surface area contributed by atoms with Crippen molar-refractivity contribution in [1.29, 1.82) is 0 Å². The van der Waals surface area contributed by atoms with E-state index < -0.39 is 0 Å². The molecule has 1 aromatic rings. The third kappa shape index (κ3) is 5.71. The lowest BCUT2D eigenvalue weighted by Gasteiger charge is -2.14. The lowest BCUT2D eigenvalue weighted by Crippen LogP contribution is -2.12. The number of halogens is 1. The quantitative estimate of drug-likeness (QED) is 0.666. The van der Waals surface area contributed by atoms with Crippen molar-refractivity contribution >= 4 is 18.4 Å². The molecule has 0 bridgehead atoms. The molecule has 2 N–H and O–H groups in total. The smallest absolute Gasteiger partial charge is 0.308 e. The van der Waals surface area contributed by atoms with Gasteiger partial charge in [-0.25, -0.2) is 0 Å². The van der Waals surface area contributed by atoms with Crippen LogP contribution in [0.25, 0.3) is 0 Å². The number of carbonyl (C=O) groups is 1. The maximum atomic E-state index is 10.7. The summed E-state index contributed by atoms with van der Waals surface area (Å²) in [5.74, 6) is 0.829. The summed E-state index contributed by atoms with van der Waals surface area (Å²) >= 11 is 0. The molecule has 4 heteroatoms. The molecule has 0 aliphatic heterocycles. The summed E-state index contributed by atoms with van der Waals surface area (Å²) in [6, 6.07) is 7.41. The Kier molecular flexibility index (Phi) is 6.85. The maximum absolute atomic E-state index is 10.7. The van der Waals surface area contributed by atoms with E-state index in [4.69, 9.17) is 10.5 Å². The van der Waals surface area contributed by atoms with E-state index in [1.54, 1.807) is 12.1 Å². The van der Waals surface area contributed by atoms with Gasteiger partial charge in [0.2, 0.25) is 0 Å². The third-order valence-corrected chi connectivity index (χ3v) is 2.30. The summed E-state index contributed by atoms with van der Waals surface area (Å²) in [4.78, 5) is 10.7. The second-order valence-electron chi connectivity index (χ2n) is 4.40. The first-order chi connectivity index (χ1) is 7.49. The molecule has 0 spiro atoms. The number of rotatable bonds is 4. The van der Waals surface area contributed by atoms with Crippen molar-refractivity contribution < 1.29 is 9.53 Å². The highest BCUT2D eigenvalue weighted by Gasteiger charge is 2.08. The van der Waals surface area contributed by atoms with Crippen molar-refractivity contribution in [3.05, 3.63) is 29.8 Å². The van der Waals surface area contributed by atoms with Crippen LogP contribution >= 0.6 is 12.4 Å². The SMILES string of the molecule is CC(=O)Oc1ccc([C@@H](N)CC(C)C)cc1.Cl. The number of hydrogen-bond acceptors (Lipinski definition) is 3. The van der Waals surface area contributed by atoms with Crippen LogP contribution in [0.3, 0.4) is 0 Å². The molecule has 0 fully saturated rings. The molecule has 96 valence electrons. The summed E-state index contributed by atoms with van der Waals surface area (Å²) in [7, 11) is 0. The lowest BCUT2D eigenvalue weighted by atomic mass is 9.98. The molecule has 3 nitrogen and oxygen atoms in total. The van der Waals surface area contributed by atoms with Crippen molar-refractivity contribution in [2.45, 2.75) is 33.2 Å². The van der Waals surface area contributed by atoms with Gasteiger partial charge in [-0.3, -0.25) is 4.79 Å². The maximum Gasteiger partial charge on any atom is 0.308 e. The molecule has 0 aliphatic rings. The first-order valence-electron chi connectivity index (χ1n) is 5.53. The van der Waals surface area contributed by atoms with E-state index in [9.17, 15) is 4.79 Å². The largest absolute Gasteiger partial charge is 0.427 e. The Balaban J connectivity index is 0.00000256. The lowest BCUT2D eigenvalue weighted by molar-refractivity contribution is -0.131. The Labute approximate surface area is 109 Å². The average Bonchev–Trinajstić information content (AvgIpc) is 2.16. The standard InChI is InChI=1S/C13H19NO2.ClH/c1-9(2)8-13(14)11-4-6-12(7-5-11)16-10(3)15;/h4-7,9,13H,8,14H2,1-3H3;1H/t13-;/m0./s1. The van der Waals surface area contributed by atoms with Crippen molar-refractivity contribution in [2.24, 2.45) is 11.7 Å². The molecule has 0 saturated heterocycles. The van der Waals surface area contributed by atoms with Crippen LogP contribution in [-0.2, 0) is 4.79 Å². The van der Waals surface area contributed by atoms with Crippen LogP contribution < -0.4 is 10.5 Å². The molecule has 1 atom stereocenters. The van der Waals surface area contributed by atoms with E-state index in [0.29, 0.717) is 11.7 Å². The molecular weight excluding hydrogens is 238 g/mol. The molecule has 0 unspecified atom stereocenters. The predicted molar refractivity (Wildman–Crippen MR) is 71.4 cm³/mol. The Bertz CT molecular complexity index is 349. The molecule has 0 amide bonds. The minimum absolute atomic E-state index is 0. The minimum atomic E-state index is -0.306. The topological polar surface area (TPSA) is 52.3 Å². The molecule has 1 rings (SSSR count). The highest BCUT2D eigenvalue weighted by Crippen LogP contribution is 2.21. The Morgan fingerprint density at radius 1 is 1.29 bits per heavy atom. The average molecular weight is 258 g/mol. The van der Waals surface area contributed by atoms with Crippen LogP contribution in [0, 0.1) is 5.92 Å². The van der Waals surface area contributed by atoms with Gasteiger partial charge in [-0.1, -0.05) is 26.0 Å². The van der Waals surface area contributed by atoms with Crippen molar-refractivity contribution in [1.82, 2.24) is 0 Å². The van der Waals surface area contributed by atoms with Crippen LogP contribution in [0.4, 0.5) is 0 Å². The number of esters is 1. The fourth-order valence-electron chi connectivity index (χ4n) is 1.59. The highest BCUT2D eigenvalue weighted by atomic mass is 35.5. The van der Waals surface area contributed by atoms with Gasteiger partial charge >= 0.3 is 5.97 Å². The first kappa shape index (κ1) is 15.9. The van der Waals surface area contributed by atoms with Crippen LogP contribution in [0.15, 0.2) is 24.3 Å². The van der Waals surface area contributed by atoms with Gasteiger partial charge in [0.05, 0.1) is 0 Å².